The summed E-state index contributed by atoms with van der Waals surface area (Å²) in [4.78, 5) is 15.0. The predicted molar refractivity (Wildman–Crippen MR) is 44.5 cm³/mol. The number of oxazole rings is 1. The Balaban J connectivity index is 2.87. The molecule has 0 aromatic carbocycles. The highest BCUT2D eigenvalue weighted by molar-refractivity contribution is 6.27. The number of carbonyl (C=O) groups is 1. The van der Waals surface area contributed by atoms with E-state index in [9.17, 15) is 4.79 Å². The lowest BCUT2D eigenvalue weighted by molar-refractivity contribution is 0.0966. The van der Waals surface area contributed by atoms with E-state index in [4.69, 9.17) is 16.0 Å². The van der Waals surface area contributed by atoms with Crippen LogP contribution in [0.5, 0.6) is 0 Å². The molecule has 0 amide bonds. The van der Waals surface area contributed by atoms with Gasteiger partial charge in [0.25, 0.3) is 5.35 Å². The second-order valence-electron chi connectivity index (χ2n) is 2.33. The lowest BCUT2D eigenvalue weighted by Crippen LogP contribution is -2.18. The molecule has 0 fully saturated rings. The van der Waals surface area contributed by atoms with Crippen molar-refractivity contribution in [2.75, 3.05) is 13.6 Å². The van der Waals surface area contributed by atoms with Gasteiger partial charge in [0.2, 0.25) is 5.78 Å². The van der Waals surface area contributed by atoms with Crippen molar-refractivity contribution in [2.24, 2.45) is 0 Å². The molecule has 0 saturated carbocycles. The first-order valence-corrected chi connectivity index (χ1v) is 3.83. The van der Waals surface area contributed by atoms with Crippen LogP contribution in [0, 0.1) is 6.92 Å². The van der Waals surface area contributed by atoms with Crippen LogP contribution in [0.15, 0.2) is 4.42 Å². The fourth-order valence-corrected chi connectivity index (χ4v) is 1.07. The summed E-state index contributed by atoms with van der Waals surface area (Å²) in [6.07, 6.45) is 0. The van der Waals surface area contributed by atoms with Gasteiger partial charge in [0.05, 0.1) is 12.2 Å². The van der Waals surface area contributed by atoms with Gasteiger partial charge >= 0.3 is 0 Å². The number of carbonyl (C=O) groups excluding carboxylic acids is 1. The Morgan fingerprint density at radius 1 is 1.75 bits per heavy atom. The molecule has 0 aliphatic carbocycles. The lowest BCUT2D eigenvalue weighted by Gasteiger charge is -1.94. The number of Topliss-reactive ketones (excluding diaryl/α,β-unsaturated/α-hetero) is 1. The largest absolute Gasteiger partial charge is 0.424 e. The third kappa shape index (κ3) is 1.84. The molecule has 1 N–H and O–H groups in total. The first-order chi connectivity index (χ1) is 5.65. The SMILES string of the molecule is CNCC(=O)c1oc(Cl)nc1C. The topological polar surface area (TPSA) is 55.1 Å². The highest BCUT2D eigenvalue weighted by atomic mass is 35.5. The van der Waals surface area contributed by atoms with Gasteiger partial charge in [0, 0.05) is 0 Å². The number of hydrogen-bond acceptors (Lipinski definition) is 4. The average molecular weight is 189 g/mol. The first kappa shape index (κ1) is 9.22. The zero-order valence-electron chi connectivity index (χ0n) is 6.85. The van der Waals surface area contributed by atoms with Crippen LogP contribution in [0.25, 0.3) is 0 Å². The van der Waals surface area contributed by atoms with Crippen LogP contribution in [-0.2, 0) is 0 Å². The third-order valence-electron chi connectivity index (χ3n) is 1.36. The molecule has 1 aromatic rings. The zero-order chi connectivity index (χ0) is 9.14. The van der Waals surface area contributed by atoms with Gasteiger partial charge in [-0.3, -0.25) is 4.79 Å². The number of likely N-dealkylation sites (N-methyl/N-ethyl adjacent to an activating group) is 1. The molecule has 0 radical (unpaired) electrons. The Kier molecular flexibility index (Phi) is 2.83. The summed E-state index contributed by atoms with van der Waals surface area (Å²) in [5, 5.41) is 2.73. The van der Waals surface area contributed by atoms with E-state index in [2.05, 4.69) is 10.3 Å². The van der Waals surface area contributed by atoms with E-state index in [1.165, 1.54) is 0 Å². The maximum atomic E-state index is 11.2. The van der Waals surface area contributed by atoms with Crippen molar-refractivity contribution in [3.8, 4) is 0 Å². The van der Waals surface area contributed by atoms with Crippen molar-refractivity contribution < 1.29 is 9.21 Å². The molecule has 0 aliphatic rings. The number of aromatic nitrogens is 1. The normalized spacial score (nSPS) is 10.2. The van der Waals surface area contributed by atoms with Crippen molar-refractivity contribution >= 4 is 17.4 Å². The van der Waals surface area contributed by atoms with Crippen molar-refractivity contribution in [3.63, 3.8) is 0 Å². The Hall–Kier alpha value is -0.870. The number of nitrogens with zero attached hydrogens (tertiary/aromatic N) is 1. The van der Waals surface area contributed by atoms with Crippen LogP contribution < -0.4 is 5.32 Å². The standard InChI is InChI=1S/C7H9ClN2O2/c1-4-6(5(11)3-9-2)12-7(8)10-4/h9H,3H2,1-2H3. The third-order valence-corrected chi connectivity index (χ3v) is 1.52. The number of nitrogens with one attached hydrogen (secondary N) is 1. The summed E-state index contributed by atoms with van der Waals surface area (Å²) in [6, 6.07) is 0. The lowest BCUT2D eigenvalue weighted by atomic mass is 10.2. The molecule has 1 rings (SSSR count). The van der Waals surface area contributed by atoms with Gasteiger partial charge in [-0.15, -0.1) is 0 Å². The van der Waals surface area contributed by atoms with E-state index in [1.807, 2.05) is 0 Å². The molecule has 5 heteroatoms. The fourth-order valence-electron chi connectivity index (χ4n) is 0.863. The zero-order valence-corrected chi connectivity index (χ0v) is 7.60. The second-order valence-corrected chi connectivity index (χ2v) is 2.66. The van der Waals surface area contributed by atoms with E-state index < -0.39 is 0 Å². The highest BCUT2D eigenvalue weighted by Gasteiger charge is 2.14. The molecule has 66 valence electrons. The Bertz CT molecular complexity index is 296. The van der Waals surface area contributed by atoms with Crippen molar-refractivity contribution in [1.82, 2.24) is 10.3 Å². The predicted octanol–water partition coefficient (Wildman–Crippen LogP) is 1.04. The van der Waals surface area contributed by atoms with E-state index in [0.29, 0.717) is 5.69 Å². The van der Waals surface area contributed by atoms with Crippen LogP contribution in [0.3, 0.4) is 0 Å². The van der Waals surface area contributed by atoms with Crippen molar-refractivity contribution in [1.29, 1.82) is 0 Å². The summed E-state index contributed by atoms with van der Waals surface area (Å²) >= 11 is 5.46. The molecule has 12 heavy (non-hydrogen) atoms. The van der Waals surface area contributed by atoms with Crippen LogP contribution in [0.2, 0.25) is 5.35 Å². The van der Waals surface area contributed by atoms with Crippen LogP contribution in [-0.4, -0.2) is 24.4 Å². The smallest absolute Gasteiger partial charge is 0.292 e. The van der Waals surface area contributed by atoms with E-state index in [0.717, 1.165) is 0 Å². The van der Waals surface area contributed by atoms with E-state index >= 15 is 0 Å². The summed E-state index contributed by atoms with van der Waals surface area (Å²) in [7, 11) is 1.69. The van der Waals surface area contributed by atoms with Crippen LogP contribution in [0.4, 0.5) is 0 Å². The second kappa shape index (κ2) is 3.69. The summed E-state index contributed by atoms with van der Waals surface area (Å²) < 4.78 is 4.89. The van der Waals surface area contributed by atoms with E-state index in [1.54, 1.807) is 14.0 Å². The van der Waals surface area contributed by atoms with Gasteiger partial charge in [-0.05, 0) is 25.6 Å². The molecular formula is C7H9ClN2O2. The van der Waals surface area contributed by atoms with Gasteiger partial charge in [-0.25, -0.2) is 4.98 Å². The maximum Gasteiger partial charge on any atom is 0.292 e. The molecule has 0 aliphatic heterocycles. The van der Waals surface area contributed by atoms with Crippen molar-refractivity contribution in [3.05, 3.63) is 16.8 Å². The number of aryl methyl sites for hydroxylation is 1. The Morgan fingerprint density at radius 3 is 2.83 bits per heavy atom. The minimum absolute atomic E-state index is 0.00644. The summed E-state index contributed by atoms with van der Waals surface area (Å²) in [6.45, 7) is 1.91. The van der Waals surface area contributed by atoms with Gasteiger partial charge in [-0.1, -0.05) is 0 Å². The van der Waals surface area contributed by atoms with Gasteiger partial charge in [0.1, 0.15) is 0 Å². The highest BCUT2D eigenvalue weighted by Crippen LogP contribution is 2.14. The molecule has 1 aromatic heterocycles. The molecule has 0 unspecified atom stereocenters. The number of ketones is 1. The van der Waals surface area contributed by atoms with E-state index in [-0.39, 0.29) is 23.4 Å². The minimum atomic E-state index is -0.144. The molecule has 0 spiro atoms. The van der Waals surface area contributed by atoms with Gasteiger partial charge in [0.15, 0.2) is 5.76 Å². The van der Waals surface area contributed by atoms with Crippen molar-refractivity contribution in [2.45, 2.75) is 6.92 Å². The first-order valence-electron chi connectivity index (χ1n) is 3.46. The Morgan fingerprint density at radius 2 is 2.42 bits per heavy atom. The van der Waals surface area contributed by atoms with Gasteiger partial charge in [-0.2, -0.15) is 0 Å². The summed E-state index contributed by atoms with van der Waals surface area (Å²) in [5.74, 6) is 0.0868. The number of hydrogen-bond donors (Lipinski definition) is 1. The Labute approximate surface area is 74.9 Å². The van der Waals surface area contributed by atoms with Crippen LogP contribution >= 0.6 is 11.6 Å². The number of rotatable bonds is 3. The van der Waals surface area contributed by atoms with Gasteiger partial charge < -0.3 is 9.73 Å². The summed E-state index contributed by atoms with van der Waals surface area (Å²) in [5.41, 5.74) is 0.528. The quantitative estimate of drug-likeness (QED) is 0.721. The molecular weight excluding hydrogens is 180 g/mol. The molecule has 0 atom stereocenters. The molecule has 0 saturated heterocycles. The molecule has 0 bridgehead atoms. The average Bonchev–Trinajstić information content (AvgIpc) is 2.30. The monoisotopic (exact) mass is 188 g/mol. The van der Waals surface area contributed by atoms with Crippen LogP contribution in [0.1, 0.15) is 16.2 Å². The molecule has 4 nitrogen and oxygen atoms in total. The maximum absolute atomic E-state index is 11.2. The number of halogens is 1. The fraction of sp³-hybridized carbons (Fsp3) is 0.429. The minimum Gasteiger partial charge on any atom is -0.424 e. The molecule has 1 heterocycles.